The third-order valence-electron chi connectivity index (χ3n) is 4.25. The summed E-state index contributed by atoms with van der Waals surface area (Å²) in [4.78, 5) is 19.7. The van der Waals surface area contributed by atoms with Crippen molar-refractivity contribution in [3.63, 3.8) is 0 Å². The summed E-state index contributed by atoms with van der Waals surface area (Å²) in [5.41, 5.74) is 2.75. The van der Waals surface area contributed by atoms with Gasteiger partial charge < -0.3 is 14.8 Å². The highest BCUT2D eigenvalue weighted by molar-refractivity contribution is 5.92. The lowest BCUT2D eigenvalue weighted by Gasteiger charge is -2.18. The second-order valence-corrected chi connectivity index (χ2v) is 6.12. The first-order valence-corrected chi connectivity index (χ1v) is 8.71. The van der Waals surface area contributed by atoms with Crippen LogP contribution in [0.2, 0.25) is 0 Å². The van der Waals surface area contributed by atoms with E-state index in [1.165, 1.54) is 19.5 Å². The molecule has 1 aliphatic carbocycles. The van der Waals surface area contributed by atoms with Gasteiger partial charge >= 0.3 is 0 Å². The zero-order chi connectivity index (χ0) is 20.8. The van der Waals surface area contributed by atoms with Gasteiger partial charge in [-0.1, -0.05) is 5.92 Å². The van der Waals surface area contributed by atoms with Crippen LogP contribution in [0.3, 0.4) is 0 Å². The third-order valence-corrected chi connectivity index (χ3v) is 4.25. The maximum absolute atomic E-state index is 13.7. The summed E-state index contributed by atoms with van der Waals surface area (Å²) in [6.45, 7) is 0.0281. The molecule has 0 spiro atoms. The van der Waals surface area contributed by atoms with Gasteiger partial charge in [-0.25, -0.2) is 19.8 Å². The van der Waals surface area contributed by atoms with Crippen LogP contribution in [0, 0.1) is 18.3 Å². The third kappa shape index (κ3) is 4.62. The minimum atomic E-state index is -1.23. The van der Waals surface area contributed by atoms with Crippen molar-refractivity contribution in [1.29, 1.82) is 0 Å². The molecule has 1 aliphatic rings. The molecule has 8 nitrogen and oxygen atoms in total. The number of ether oxygens (including phenoxy) is 2. The highest BCUT2D eigenvalue weighted by Gasteiger charge is 2.19. The van der Waals surface area contributed by atoms with Crippen molar-refractivity contribution in [3.05, 3.63) is 42.4 Å². The van der Waals surface area contributed by atoms with E-state index in [4.69, 9.17) is 21.1 Å². The maximum Gasteiger partial charge on any atom is 0.246 e. The second kappa shape index (κ2) is 9.03. The first kappa shape index (κ1) is 20.1. The number of nitrogens with zero attached hydrogens (tertiary/aromatic N) is 2. The molecular formula is C20H19FN4O4. The number of hydrogen-bond acceptors (Lipinski definition) is 7. The second-order valence-electron chi connectivity index (χ2n) is 6.12. The Balaban J connectivity index is 1.90. The number of allylic oxidation sites excluding steroid dienone is 3. The number of carbonyl (C=O) groups excluding carboxylic acids is 1. The first-order valence-electron chi connectivity index (χ1n) is 8.71. The Morgan fingerprint density at radius 1 is 1.38 bits per heavy atom. The van der Waals surface area contributed by atoms with Gasteiger partial charge in [-0.3, -0.25) is 10.0 Å². The lowest BCUT2D eigenvalue weighted by atomic mass is 9.98. The van der Waals surface area contributed by atoms with Gasteiger partial charge in [0, 0.05) is 17.1 Å². The molecule has 3 N–H and O–H groups in total. The largest absolute Gasteiger partial charge is 0.493 e. The normalized spacial score (nSPS) is 17.9. The summed E-state index contributed by atoms with van der Waals surface area (Å²) in [7, 11) is 1.49. The predicted molar refractivity (Wildman–Crippen MR) is 104 cm³/mol. The molecule has 0 aliphatic heterocycles. The standard InChI is InChI=1S/C20H19FN4O4/c1-3-12-8-13(4-5-15(12)21)24-20-14-9-18(29-7-6-19(26)25-27)17(28-2)10-16(14)22-11-23-20/h1,4-5,8-12,15,27H,6-7H2,2H3,(H,25,26)(H,22,23,24). The summed E-state index contributed by atoms with van der Waals surface area (Å²) in [6.07, 6.45) is 10.1. The van der Waals surface area contributed by atoms with Gasteiger partial charge in [0.15, 0.2) is 11.5 Å². The van der Waals surface area contributed by atoms with Crippen molar-refractivity contribution in [2.75, 3.05) is 19.0 Å². The molecule has 2 atom stereocenters. The van der Waals surface area contributed by atoms with Crippen LogP contribution < -0.4 is 20.3 Å². The molecule has 1 heterocycles. The SMILES string of the molecule is C#CC1C=C(Nc2ncnc3cc(OC)c(OCCC(=O)NO)cc23)C=CC1F. The number of rotatable bonds is 7. The number of terminal acetylenes is 1. The number of nitrogens with one attached hydrogen (secondary N) is 2. The molecule has 0 bridgehead atoms. The molecule has 1 aromatic carbocycles. The Morgan fingerprint density at radius 2 is 2.21 bits per heavy atom. The van der Waals surface area contributed by atoms with Crippen LogP contribution in [0.15, 0.2) is 42.4 Å². The number of fused-ring (bicyclic) bond motifs is 1. The van der Waals surface area contributed by atoms with Crippen LogP contribution in [0.4, 0.5) is 10.2 Å². The predicted octanol–water partition coefficient (Wildman–Crippen LogP) is 2.37. The van der Waals surface area contributed by atoms with Gasteiger partial charge in [-0.15, -0.1) is 6.42 Å². The Hall–Kier alpha value is -3.64. The number of benzene rings is 1. The molecule has 0 radical (unpaired) electrons. The van der Waals surface area contributed by atoms with Gasteiger partial charge in [0.25, 0.3) is 0 Å². The van der Waals surface area contributed by atoms with E-state index in [0.717, 1.165) is 0 Å². The number of methoxy groups -OCH3 is 1. The summed E-state index contributed by atoms with van der Waals surface area (Å²) in [5, 5.41) is 12.3. The van der Waals surface area contributed by atoms with E-state index >= 15 is 0 Å². The summed E-state index contributed by atoms with van der Waals surface area (Å²) >= 11 is 0. The molecular weight excluding hydrogens is 379 g/mol. The molecule has 0 saturated carbocycles. The number of anilines is 1. The lowest BCUT2D eigenvalue weighted by molar-refractivity contribution is -0.129. The van der Waals surface area contributed by atoms with Gasteiger partial charge in [-0.05, 0) is 24.3 Å². The van der Waals surface area contributed by atoms with Gasteiger partial charge in [0.1, 0.15) is 18.3 Å². The van der Waals surface area contributed by atoms with Gasteiger partial charge in [0.2, 0.25) is 5.91 Å². The highest BCUT2D eigenvalue weighted by atomic mass is 19.1. The Bertz CT molecular complexity index is 1020. The van der Waals surface area contributed by atoms with E-state index in [9.17, 15) is 9.18 Å². The average Bonchev–Trinajstić information content (AvgIpc) is 2.74. The Morgan fingerprint density at radius 3 is 2.93 bits per heavy atom. The number of alkyl halides is 1. The number of hydrogen-bond donors (Lipinski definition) is 3. The summed E-state index contributed by atoms with van der Waals surface area (Å²) in [6, 6.07) is 3.35. The van der Waals surface area contributed by atoms with Gasteiger partial charge in [-0.2, -0.15) is 0 Å². The quantitative estimate of drug-likeness (QED) is 0.374. The van der Waals surface area contributed by atoms with E-state index in [1.54, 1.807) is 29.8 Å². The number of halogens is 1. The van der Waals surface area contributed by atoms with Gasteiger partial charge in [0.05, 0.1) is 31.6 Å². The zero-order valence-electron chi connectivity index (χ0n) is 15.6. The number of hydroxylamine groups is 1. The number of amides is 1. The Kier molecular flexibility index (Phi) is 6.26. The molecule has 1 aromatic heterocycles. The molecule has 9 heteroatoms. The molecule has 29 heavy (non-hydrogen) atoms. The van der Waals surface area contributed by atoms with Crippen LogP contribution in [0.25, 0.3) is 10.9 Å². The minimum Gasteiger partial charge on any atom is -0.493 e. The average molecular weight is 398 g/mol. The van der Waals surface area contributed by atoms with Crippen LogP contribution in [-0.2, 0) is 4.79 Å². The zero-order valence-corrected chi connectivity index (χ0v) is 15.6. The van der Waals surface area contributed by atoms with Crippen LogP contribution >= 0.6 is 0 Å². The molecule has 0 fully saturated rings. The molecule has 0 saturated heterocycles. The molecule has 1 amide bonds. The van der Waals surface area contributed by atoms with Crippen LogP contribution in [0.5, 0.6) is 11.5 Å². The van der Waals surface area contributed by atoms with Crippen LogP contribution in [-0.4, -0.2) is 41.0 Å². The lowest BCUT2D eigenvalue weighted by Crippen LogP contribution is -2.20. The first-order chi connectivity index (χ1) is 14.0. The fraction of sp³-hybridized carbons (Fsp3) is 0.250. The van der Waals surface area contributed by atoms with E-state index in [1.807, 2.05) is 0 Å². The molecule has 150 valence electrons. The maximum atomic E-state index is 13.7. The monoisotopic (exact) mass is 398 g/mol. The van der Waals surface area contributed by atoms with Crippen molar-refractivity contribution in [2.24, 2.45) is 5.92 Å². The summed E-state index contributed by atoms with van der Waals surface area (Å²) < 4.78 is 24.7. The van der Waals surface area contributed by atoms with Crippen molar-refractivity contribution in [2.45, 2.75) is 12.6 Å². The summed E-state index contributed by atoms with van der Waals surface area (Å²) in [5.74, 6) is 2.45. The topological polar surface area (TPSA) is 106 Å². The van der Waals surface area contributed by atoms with E-state index in [-0.39, 0.29) is 13.0 Å². The van der Waals surface area contributed by atoms with E-state index < -0.39 is 18.0 Å². The molecule has 3 rings (SSSR count). The highest BCUT2D eigenvalue weighted by Crippen LogP contribution is 2.34. The van der Waals surface area contributed by atoms with Crippen molar-refractivity contribution in [1.82, 2.24) is 15.4 Å². The molecule has 2 aromatic rings. The van der Waals surface area contributed by atoms with Crippen molar-refractivity contribution >= 4 is 22.6 Å². The smallest absolute Gasteiger partial charge is 0.246 e. The number of aromatic nitrogens is 2. The Labute approximate surface area is 166 Å². The minimum absolute atomic E-state index is 0.0281. The van der Waals surface area contributed by atoms with E-state index in [0.29, 0.717) is 33.9 Å². The van der Waals surface area contributed by atoms with E-state index in [2.05, 4.69) is 21.2 Å². The van der Waals surface area contributed by atoms with Crippen molar-refractivity contribution in [3.8, 4) is 23.8 Å². The van der Waals surface area contributed by atoms with Crippen LogP contribution in [0.1, 0.15) is 6.42 Å². The molecule has 2 unspecified atom stereocenters. The fourth-order valence-corrected chi connectivity index (χ4v) is 2.76. The number of carbonyl (C=O) groups is 1. The van der Waals surface area contributed by atoms with Crippen molar-refractivity contribution < 1.29 is 23.9 Å². The fourth-order valence-electron chi connectivity index (χ4n) is 2.76.